The second kappa shape index (κ2) is 9.17. The Balaban J connectivity index is 1.58. The minimum atomic E-state index is -0.496. The van der Waals surface area contributed by atoms with Gasteiger partial charge in [-0.05, 0) is 49.6 Å². The Morgan fingerprint density at radius 3 is 2.67 bits per heavy atom. The molecule has 1 N–H and O–H groups in total. The van der Waals surface area contributed by atoms with Gasteiger partial charge in [0.05, 0.1) is 24.3 Å². The Morgan fingerprint density at radius 2 is 1.94 bits per heavy atom. The molecular formula is C24H22Cl2N4O3. The van der Waals surface area contributed by atoms with Crippen LogP contribution in [0.25, 0.3) is 17.0 Å². The molecular weight excluding hydrogens is 463 g/mol. The molecule has 3 heterocycles. The number of carbonyl (C=O) groups excluding carboxylic acids is 1. The Bertz CT molecular complexity index is 1220. The van der Waals surface area contributed by atoms with E-state index >= 15 is 0 Å². The van der Waals surface area contributed by atoms with Gasteiger partial charge in [-0.2, -0.15) is 4.98 Å². The number of aromatic nitrogens is 2. The Kier molecular flexibility index (Phi) is 6.10. The van der Waals surface area contributed by atoms with E-state index in [2.05, 4.69) is 15.5 Å². The van der Waals surface area contributed by atoms with Crippen molar-refractivity contribution in [3.63, 3.8) is 0 Å². The summed E-state index contributed by atoms with van der Waals surface area (Å²) in [5, 5.41) is 8.41. The molecule has 2 unspecified atom stereocenters. The fourth-order valence-electron chi connectivity index (χ4n) is 4.28. The van der Waals surface area contributed by atoms with Crippen LogP contribution in [-0.2, 0) is 4.74 Å². The van der Waals surface area contributed by atoms with Gasteiger partial charge in [-0.1, -0.05) is 52.6 Å². The Morgan fingerprint density at radius 1 is 1.15 bits per heavy atom. The van der Waals surface area contributed by atoms with Crippen molar-refractivity contribution in [3.05, 3.63) is 75.7 Å². The van der Waals surface area contributed by atoms with Gasteiger partial charge in [0.15, 0.2) is 0 Å². The highest BCUT2D eigenvalue weighted by molar-refractivity contribution is 6.31. The Hall–Kier alpha value is -2.87. The van der Waals surface area contributed by atoms with E-state index in [0.29, 0.717) is 34.9 Å². The van der Waals surface area contributed by atoms with E-state index < -0.39 is 6.04 Å². The first-order chi connectivity index (χ1) is 16.0. The maximum atomic E-state index is 13.1. The number of halogens is 2. The van der Waals surface area contributed by atoms with Crippen LogP contribution < -0.4 is 5.32 Å². The van der Waals surface area contributed by atoms with E-state index in [1.165, 1.54) is 0 Å². The van der Waals surface area contributed by atoms with E-state index in [-0.39, 0.29) is 12.1 Å². The lowest BCUT2D eigenvalue weighted by Gasteiger charge is -2.36. The van der Waals surface area contributed by atoms with Crippen molar-refractivity contribution in [2.45, 2.75) is 31.9 Å². The van der Waals surface area contributed by atoms with Crippen LogP contribution in [0.5, 0.6) is 0 Å². The first-order valence-corrected chi connectivity index (χ1v) is 11.5. The molecule has 7 nitrogen and oxygen atoms in total. The van der Waals surface area contributed by atoms with Crippen LogP contribution >= 0.6 is 23.2 Å². The van der Waals surface area contributed by atoms with Gasteiger partial charge >= 0.3 is 6.03 Å². The monoisotopic (exact) mass is 484 g/mol. The SMILES string of the molecule is CC1=C(c2nc(-c3cccc(Cl)c3)no2)C(c2cccc(Cl)c2)NC(=O)N1CC1CCCO1. The first-order valence-electron chi connectivity index (χ1n) is 10.8. The second-order valence-corrected chi connectivity index (χ2v) is 8.99. The van der Waals surface area contributed by atoms with E-state index in [9.17, 15) is 4.79 Å². The molecule has 170 valence electrons. The topological polar surface area (TPSA) is 80.5 Å². The summed E-state index contributed by atoms with van der Waals surface area (Å²) in [6.07, 6.45) is 1.91. The molecule has 0 aliphatic carbocycles. The molecule has 5 rings (SSSR count). The predicted octanol–water partition coefficient (Wildman–Crippen LogP) is 5.72. The first kappa shape index (κ1) is 21.9. The largest absolute Gasteiger partial charge is 0.376 e. The third-order valence-electron chi connectivity index (χ3n) is 5.93. The highest BCUT2D eigenvalue weighted by atomic mass is 35.5. The summed E-state index contributed by atoms with van der Waals surface area (Å²) >= 11 is 12.4. The maximum Gasteiger partial charge on any atom is 0.322 e. The zero-order valence-electron chi connectivity index (χ0n) is 17.9. The van der Waals surface area contributed by atoms with E-state index in [1.807, 2.05) is 37.3 Å². The number of hydrogen-bond donors (Lipinski definition) is 1. The summed E-state index contributed by atoms with van der Waals surface area (Å²) in [5.74, 6) is 0.741. The van der Waals surface area contributed by atoms with E-state index in [4.69, 9.17) is 32.5 Å². The van der Waals surface area contributed by atoms with Gasteiger partial charge < -0.3 is 14.6 Å². The Labute approximate surface area is 201 Å². The van der Waals surface area contributed by atoms with Crippen LogP contribution in [0.15, 0.2) is 58.8 Å². The number of allylic oxidation sites excluding steroid dienone is 1. The molecule has 0 spiro atoms. The predicted molar refractivity (Wildman–Crippen MR) is 126 cm³/mol. The number of ether oxygens (including phenoxy) is 1. The van der Waals surface area contributed by atoms with Crippen LogP contribution in [0.4, 0.5) is 4.79 Å². The van der Waals surface area contributed by atoms with Gasteiger partial charge in [0.2, 0.25) is 5.82 Å². The number of rotatable bonds is 5. The lowest BCUT2D eigenvalue weighted by molar-refractivity contribution is 0.0877. The number of urea groups is 1. The zero-order valence-corrected chi connectivity index (χ0v) is 19.4. The second-order valence-electron chi connectivity index (χ2n) is 8.12. The van der Waals surface area contributed by atoms with Crippen LogP contribution in [0, 0.1) is 0 Å². The van der Waals surface area contributed by atoms with Gasteiger partial charge in [0, 0.05) is 27.9 Å². The normalized spacial score (nSPS) is 20.9. The van der Waals surface area contributed by atoms with Crippen molar-refractivity contribution in [2.75, 3.05) is 13.2 Å². The van der Waals surface area contributed by atoms with Crippen molar-refractivity contribution in [2.24, 2.45) is 0 Å². The third kappa shape index (κ3) is 4.49. The summed E-state index contributed by atoms with van der Waals surface area (Å²) in [4.78, 5) is 19.5. The zero-order chi connectivity index (χ0) is 22.9. The van der Waals surface area contributed by atoms with Crippen molar-refractivity contribution in [1.82, 2.24) is 20.4 Å². The molecule has 2 amide bonds. The van der Waals surface area contributed by atoms with Crippen LogP contribution in [0.1, 0.15) is 37.3 Å². The van der Waals surface area contributed by atoms with Crippen LogP contribution in [0.3, 0.4) is 0 Å². The summed E-state index contributed by atoms with van der Waals surface area (Å²) < 4.78 is 11.5. The van der Waals surface area contributed by atoms with Crippen molar-refractivity contribution in [1.29, 1.82) is 0 Å². The fourth-order valence-corrected chi connectivity index (χ4v) is 4.67. The summed E-state index contributed by atoms with van der Waals surface area (Å²) in [7, 11) is 0. The van der Waals surface area contributed by atoms with Gasteiger partial charge in [-0.3, -0.25) is 4.90 Å². The number of amides is 2. The smallest absolute Gasteiger partial charge is 0.322 e. The molecule has 1 saturated heterocycles. The van der Waals surface area contributed by atoms with Crippen LogP contribution in [0.2, 0.25) is 10.0 Å². The lowest BCUT2D eigenvalue weighted by atomic mass is 9.94. The quantitative estimate of drug-likeness (QED) is 0.500. The molecule has 0 bridgehead atoms. The average molecular weight is 485 g/mol. The number of nitrogens with zero attached hydrogens (tertiary/aromatic N) is 3. The number of benzene rings is 2. The average Bonchev–Trinajstić information content (AvgIpc) is 3.49. The number of hydrogen-bond acceptors (Lipinski definition) is 5. The van der Waals surface area contributed by atoms with Gasteiger partial charge in [-0.25, -0.2) is 4.79 Å². The molecule has 2 aliphatic heterocycles. The molecule has 33 heavy (non-hydrogen) atoms. The fraction of sp³-hybridized carbons (Fsp3) is 0.292. The molecule has 0 radical (unpaired) electrons. The number of carbonyl (C=O) groups is 1. The van der Waals surface area contributed by atoms with Crippen molar-refractivity contribution >= 4 is 34.8 Å². The molecule has 2 aromatic carbocycles. The highest BCUT2D eigenvalue weighted by Gasteiger charge is 2.37. The maximum absolute atomic E-state index is 13.1. The van der Waals surface area contributed by atoms with Gasteiger partial charge in [-0.15, -0.1) is 0 Å². The van der Waals surface area contributed by atoms with Gasteiger partial charge in [0.1, 0.15) is 0 Å². The number of nitrogens with one attached hydrogen (secondary N) is 1. The molecule has 3 aromatic rings. The highest BCUT2D eigenvalue weighted by Crippen LogP contribution is 2.38. The van der Waals surface area contributed by atoms with Crippen molar-refractivity contribution < 1.29 is 14.1 Å². The standard InChI is InChI=1S/C24H22Cl2N4O3/c1-14-20(23-28-22(29-33-23)16-6-3-8-18(26)12-16)21(15-5-2-7-17(25)11-15)27-24(31)30(14)13-19-9-4-10-32-19/h2-3,5-8,11-12,19,21H,4,9-10,13H2,1H3,(H,27,31). The summed E-state index contributed by atoms with van der Waals surface area (Å²) in [5.41, 5.74) is 3.02. The minimum Gasteiger partial charge on any atom is -0.376 e. The molecule has 2 atom stereocenters. The van der Waals surface area contributed by atoms with Crippen molar-refractivity contribution in [3.8, 4) is 11.4 Å². The van der Waals surface area contributed by atoms with E-state index in [1.54, 1.807) is 23.1 Å². The molecule has 9 heteroatoms. The van der Waals surface area contributed by atoms with E-state index in [0.717, 1.165) is 35.2 Å². The van der Waals surface area contributed by atoms with Crippen LogP contribution in [-0.4, -0.2) is 40.3 Å². The third-order valence-corrected chi connectivity index (χ3v) is 6.40. The molecule has 1 fully saturated rings. The molecule has 2 aliphatic rings. The minimum absolute atomic E-state index is 0.000577. The lowest BCUT2D eigenvalue weighted by Crippen LogP contribution is -2.48. The molecule has 1 aromatic heterocycles. The summed E-state index contributed by atoms with van der Waals surface area (Å²) in [6.45, 7) is 3.07. The molecule has 0 saturated carbocycles. The van der Waals surface area contributed by atoms with Gasteiger partial charge in [0.25, 0.3) is 5.89 Å². The summed E-state index contributed by atoms with van der Waals surface area (Å²) in [6, 6.07) is 13.9.